The number of terminal acetylenes is 1. The molecular formula is C27H39N3O2. The van der Waals surface area contributed by atoms with Crippen molar-refractivity contribution in [1.29, 1.82) is 0 Å². The van der Waals surface area contributed by atoms with Gasteiger partial charge in [-0.2, -0.15) is 15.0 Å². The Hall–Kier alpha value is -1.67. The molecule has 5 saturated carbocycles. The molecule has 1 aromatic rings. The van der Waals surface area contributed by atoms with Crippen LogP contribution in [0.15, 0.2) is 12.4 Å². The third-order valence-electron chi connectivity index (χ3n) is 9.89. The zero-order valence-corrected chi connectivity index (χ0v) is 19.5. The van der Waals surface area contributed by atoms with Crippen molar-refractivity contribution in [3.05, 3.63) is 12.4 Å². The highest BCUT2D eigenvalue weighted by atomic mass is 16.3. The van der Waals surface area contributed by atoms with Gasteiger partial charge in [0.25, 0.3) is 0 Å². The Bertz CT molecular complexity index is 842. The molecule has 1 heterocycles. The minimum atomic E-state index is -0.0546. The monoisotopic (exact) mass is 437 g/mol. The molecule has 8 atom stereocenters. The van der Waals surface area contributed by atoms with Crippen molar-refractivity contribution >= 4 is 5.78 Å². The molecule has 5 heteroatoms. The summed E-state index contributed by atoms with van der Waals surface area (Å²) >= 11 is 0. The molecule has 5 nitrogen and oxygen atoms in total. The minimum Gasteiger partial charge on any atom is -0.393 e. The molecule has 174 valence electrons. The van der Waals surface area contributed by atoms with E-state index in [-0.39, 0.29) is 17.4 Å². The zero-order chi connectivity index (χ0) is 22.3. The Balaban J connectivity index is 0.000000383. The van der Waals surface area contributed by atoms with Crippen LogP contribution in [0.3, 0.4) is 0 Å². The Labute approximate surface area is 192 Å². The van der Waals surface area contributed by atoms with E-state index in [2.05, 4.69) is 23.0 Å². The third-order valence-corrected chi connectivity index (χ3v) is 9.89. The third kappa shape index (κ3) is 4.16. The van der Waals surface area contributed by atoms with Crippen molar-refractivity contribution in [2.75, 3.05) is 0 Å². The topological polar surface area (TPSA) is 68.0 Å². The summed E-state index contributed by atoms with van der Waals surface area (Å²) in [5.41, 5.74) is 0.173. The fraction of sp³-hybridized carbons (Fsp3) is 0.815. The summed E-state index contributed by atoms with van der Waals surface area (Å²) in [6.45, 7) is 2.74. The molecule has 0 spiro atoms. The van der Waals surface area contributed by atoms with Crippen LogP contribution in [0.5, 0.6) is 0 Å². The fourth-order valence-electron chi connectivity index (χ4n) is 8.18. The summed E-state index contributed by atoms with van der Waals surface area (Å²) in [7, 11) is 0. The van der Waals surface area contributed by atoms with Gasteiger partial charge in [0.1, 0.15) is 6.54 Å². The molecule has 0 radical (unpaired) electrons. The lowest BCUT2D eigenvalue weighted by molar-refractivity contribution is -0.131. The first-order valence-electron chi connectivity index (χ1n) is 13.0. The van der Waals surface area contributed by atoms with Gasteiger partial charge in [-0.25, -0.2) is 0 Å². The number of aliphatic hydroxyl groups is 1. The second-order valence-electron chi connectivity index (χ2n) is 11.5. The first-order chi connectivity index (χ1) is 15.5. The van der Waals surface area contributed by atoms with Gasteiger partial charge in [-0.3, -0.25) is 4.79 Å². The predicted molar refractivity (Wildman–Crippen MR) is 123 cm³/mol. The van der Waals surface area contributed by atoms with Crippen LogP contribution in [0.2, 0.25) is 0 Å². The smallest absolute Gasteiger partial charge is 0.159 e. The molecule has 1 aromatic heterocycles. The number of Topliss-reactive ketones (excluding diaryl/α,β-unsaturated/α-hetero) is 1. The van der Waals surface area contributed by atoms with Crippen LogP contribution in [0, 0.1) is 59.2 Å². The Kier molecular flexibility index (Phi) is 6.18. The molecule has 8 unspecified atom stereocenters. The van der Waals surface area contributed by atoms with E-state index in [1.165, 1.54) is 51.4 Å². The number of rotatable bonds is 3. The molecule has 32 heavy (non-hydrogen) atoms. The van der Waals surface area contributed by atoms with Gasteiger partial charge in [-0.15, -0.1) is 12.3 Å². The summed E-state index contributed by atoms with van der Waals surface area (Å²) in [4.78, 5) is 14.6. The average molecular weight is 438 g/mol. The predicted octanol–water partition coefficient (Wildman–Crippen LogP) is 4.51. The lowest BCUT2D eigenvalue weighted by atomic mass is 9.49. The Morgan fingerprint density at radius 2 is 1.78 bits per heavy atom. The van der Waals surface area contributed by atoms with E-state index in [9.17, 15) is 9.90 Å². The van der Waals surface area contributed by atoms with Crippen LogP contribution in [-0.4, -0.2) is 32.0 Å². The minimum absolute atomic E-state index is 0.0546. The van der Waals surface area contributed by atoms with Crippen LogP contribution in [0.1, 0.15) is 77.6 Å². The summed E-state index contributed by atoms with van der Waals surface area (Å²) in [6, 6.07) is 0. The number of carbonyl (C=O) groups is 1. The van der Waals surface area contributed by atoms with Gasteiger partial charge in [0.15, 0.2) is 5.78 Å². The molecule has 0 aromatic carbocycles. The van der Waals surface area contributed by atoms with Crippen molar-refractivity contribution in [3.8, 4) is 12.3 Å². The van der Waals surface area contributed by atoms with Gasteiger partial charge in [0, 0.05) is 11.8 Å². The van der Waals surface area contributed by atoms with Crippen molar-refractivity contribution in [3.63, 3.8) is 0 Å². The van der Waals surface area contributed by atoms with Crippen molar-refractivity contribution in [2.45, 2.75) is 90.2 Å². The Morgan fingerprint density at radius 1 is 1.03 bits per heavy atom. The number of hydrogen-bond acceptors (Lipinski definition) is 4. The summed E-state index contributed by atoms with van der Waals surface area (Å²) in [5, 5.41) is 18.4. The summed E-state index contributed by atoms with van der Waals surface area (Å²) in [6.07, 6.45) is 21.4. The molecule has 6 rings (SSSR count). The van der Waals surface area contributed by atoms with Gasteiger partial charge in [0.2, 0.25) is 0 Å². The van der Waals surface area contributed by atoms with Crippen LogP contribution in [0.25, 0.3) is 0 Å². The maximum atomic E-state index is 13.1. The van der Waals surface area contributed by atoms with E-state index in [1.54, 1.807) is 17.2 Å². The van der Waals surface area contributed by atoms with Crippen LogP contribution < -0.4 is 0 Å². The SMILES string of the molecule is C#CC1CC1.CC12CCC3C4CCC(O)CC4CCC3C1CCC2C(=O)Cn1nccn1. The van der Waals surface area contributed by atoms with Crippen molar-refractivity contribution in [1.82, 2.24) is 15.0 Å². The van der Waals surface area contributed by atoms with Gasteiger partial charge in [-0.1, -0.05) is 6.92 Å². The highest BCUT2D eigenvalue weighted by molar-refractivity contribution is 5.81. The lowest BCUT2D eigenvalue weighted by Gasteiger charge is -2.56. The number of aliphatic hydroxyl groups excluding tert-OH is 1. The van der Waals surface area contributed by atoms with Crippen molar-refractivity contribution in [2.24, 2.45) is 46.8 Å². The second kappa shape index (κ2) is 8.93. The van der Waals surface area contributed by atoms with Crippen LogP contribution in [0.4, 0.5) is 0 Å². The molecule has 0 bridgehead atoms. The lowest BCUT2D eigenvalue weighted by Crippen LogP contribution is -2.50. The molecule has 1 N–H and O–H groups in total. The maximum Gasteiger partial charge on any atom is 0.159 e. The number of carbonyl (C=O) groups excluding carboxylic acids is 1. The number of ketones is 1. The number of hydrogen-bond donors (Lipinski definition) is 1. The first-order valence-corrected chi connectivity index (χ1v) is 13.0. The Morgan fingerprint density at radius 3 is 2.47 bits per heavy atom. The number of fused-ring (bicyclic) bond motifs is 5. The summed E-state index contributed by atoms with van der Waals surface area (Å²) in [5.74, 6) is 7.77. The number of aromatic nitrogens is 3. The quantitative estimate of drug-likeness (QED) is 0.707. The maximum absolute atomic E-state index is 13.1. The zero-order valence-electron chi connectivity index (χ0n) is 19.5. The first kappa shape index (κ1) is 22.1. The molecule has 5 aliphatic carbocycles. The molecule has 5 fully saturated rings. The van der Waals surface area contributed by atoms with E-state index in [0.29, 0.717) is 24.2 Å². The second-order valence-corrected chi connectivity index (χ2v) is 11.5. The normalized spacial score (nSPS) is 42.5. The van der Waals surface area contributed by atoms with E-state index in [1.807, 2.05) is 0 Å². The molecule has 0 aliphatic heterocycles. The van der Waals surface area contributed by atoms with Crippen LogP contribution in [-0.2, 0) is 11.3 Å². The highest BCUT2D eigenvalue weighted by Gasteiger charge is 2.58. The van der Waals surface area contributed by atoms with E-state index in [4.69, 9.17) is 6.42 Å². The van der Waals surface area contributed by atoms with Crippen LogP contribution >= 0.6 is 0 Å². The van der Waals surface area contributed by atoms with E-state index in [0.717, 1.165) is 42.9 Å². The van der Waals surface area contributed by atoms with E-state index >= 15 is 0 Å². The molecule has 0 saturated heterocycles. The van der Waals surface area contributed by atoms with Gasteiger partial charge >= 0.3 is 0 Å². The average Bonchev–Trinajstić information content (AvgIpc) is 3.37. The standard InChI is InChI=1S/C22H33N3O2.C5H6/c1-22-9-8-17-16-5-3-15(26)12-14(16)2-4-18(17)19(22)6-7-20(22)21(27)13-25-23-10-11-24-25;1-2-5-3-4-5/h10-11,14-20,26H,2-9,12-13H2,1H3;1,5H,3-4H2. The fourth-order valence-corrected chi connectivity index (χ4v) is 8.18. The molecule has 5 aliphatic rings. The molecule has 0 amide bonds. The largest absolute Gasteiger partial charge is 0.393 e. The van der Waals surface area contributed by atoms with Gasteiger partial charge in [-0.05, 0) is 106 Å². The van der Waals surface area contributed by atoms with Crippen molar-refractivity contribution < 1.29 is 9.90 Å². The highest BCUT2D eigenvalue weighted by Crippen LogP contribution is 2.64. The van der Waals surface area contributed by atoms with Gasteiger partial charge < -0.3 is 5.11 Å². The van der Waals surface area contributed by atoms with Gasteiger partial charge in [0.05, 0.1) is 18.5 Å². The molecular weight excluding hydrogens is 398 g/mol. The van der Waals surface area contributed by atoms with E-state index < -0.39 is 0 Å². The number of nitrogens with zero attached hydrogens (tertiary/aromatic N) is 3. The summed E-state index contributed by atoms with van der Waals surface area (Å²) < 4.78 is 0.